The molecule has 2 aromatic carbocycles. The number of rotatable bonds is 5. The molecule has 25 heavy (non-hydrogen) atoms. The second-order valence-electron chi connectivity index (χ2n) is 6.04. The maximum absolute atomic E-state index is 12.9. The number of aryl methyl sites for hydroxylation is 3. The maximum atomic E-state index is 12.9. The third kappa shape index (κ3) is 4.29. The molecule has 0 aliphatic carbocycles. The van der Waals surface area contributed by atoms with E-state index in [4.69, 9.17) is 0 Å². The fourth-order valence-corrected chi connectivity index (χ4v) is 2.73. The van der Waals surface area contributed by atoms with Gasteiger partial charge in [0.2, 0.25) is 5.95 Å². The topological polar surface area (TPSA) is 62.7 Å². The van der Waals surface area contributed by atoms with Gasteiger partial charge < -0.3 is 10.6 Å². The van der Waals surface area contributed by atoms with Gasteiger partial charge in [-0.05, 0) is 49.6 Å². The summed E-state index contributed by atoms with van der Waals surface area (Å²) in [4.78, 5) is 4.44. The van der Waals surface area contributed by atoms with Gasteiger partial charge in [-0.25, -0.2) is 4.39 Å². The summed E-state index contributed by atoms with van der Waals surface area (Å²) >= 11 is 0. The lowest BCUT2D eigenvalue weighted by Crippen LogP contribution is -2.07. The normalized spacial score (nSPS) is 10.6. The first-order valence-corrected chi connectivity index (χ1v) is 8.04. The zero-order valence-corrected chi connectivity index (χ0v) is 14.5. The molecule has 0 aliphatic rings. The smallest absolute Gasteiger partial charge is 0.244 e. The number of hydrogen-bond donors (Lipinski definition) is 2. The summed E-state index contributed by atoms with van der Waals surface area (Å²) in [7, 11) is 0. The van der Waals surface area contributed by atoms with Crippen LogP contribution >= 0.6 is 0 Å². The summed E-state index contributed by atoms with van der Waals surface area (Å²) in [6.45, 7) is 6.69. The molecule has 0 fully saturated rings. The molecule has 0 atom stereocenters. The lowest BCUT2D eigenvalue weighted by molar-refractivity contribution is 0.627. The van der Waals surface area contributed by atoms with E-state index in [2.05, 4.69) is 58.7 Å². The highest BCUT2D eigenvalue weighted by molar-refractivity contribution is 5.65. The van der Waals surface area contributed by atoms with Gasteiger partial charge in [0.1, 0.15) is 5.82 Å². The van der Waals surface area contributed by atoms with Gasteiger partial charge in [-0.3, -0.25) is 0 Å². The Morgan fingerprint density at radius 2 is 1.68 bits per heavy atom. The molecule has 0 unspecified atom stereocenters. The first-order chi connectivity index (χ1) is 12.0. The van der Waals surface area contributed by atoms with Crippen LogP contribution in [0.15, 0.2) is 42.6 Å². The molecule has 0 bridgehead atoms. The molecule has 0 spiro atoms. The molecule has 128 valence electrons. The number of benzene rings is 2. The zero-order chi connectivity index (χ0) is 17.8. The van der Waals surface area contributed by atoms with Crippen molar-refractivity contribution in [1.29, 1.82) is 0 Å². The number of halogens is 1. The quantitative estimate of drug-likeness (QED) is 0.727. The Balaban J connectivity index is 1.72. The van der Waals surface area contributed by atoms with E-state index in [0.29, 0.717) is 18.3 Å². The van der Waals surface area contributed by atoms with Gasteiger partial charge in [0.15, 0.2) is 5.82 Å². The fourth-order valence-electron chi connectivity index (χ4n) is 2.73. The van der Waals surface area contributed by atoms with Crippen LogP contribution in [0.3, 0.4) is 0 Å². The van der Waals surface area contributed by atoms with Crippen LogP contribution in [-0.2, 0) is 6.54 Å². The van der Waals surface area contributed by atoms with E-state index in [1.165, 1.54) is 17.7 Å². The molecule has 0 radical (unpaired) electrons. The van der Waals surface area contributed by atoms with Crippen molar-refractivity contribution in [3.8, 4) is 0 Å². The van der Waals surface area contributed by atoms with Gasteiger partial charge in [0.25, 0.3) is 0 Å². The summed E-state index contributed by atoms with van der Waals surface area (Å²) < 4.78 is 12.9. The lowest BCUT2D eigenvalue weighted by Gasteiger charge is -2.13. The average molecular weight is 337 g/mol. The molecule has 1 aromatic heterocycles. The van der Waals surface area contributed by atoms with Crippen LogP contribution in [0.2, 0.25) is 0 Å². The largest absolute Gasteiger partial charge is 0.349 e. The monoisotopic (exact) mass is 337 g/mol. The number of nitrogens with zero attached hydrogens (tertiary/aromatic N) is 3. The lowest BCUT2D eigenvalue weighted by atomic mass is 10.1. The second-order valence-corrected chi connectivity index (χ2v) is 6.04. The van der Waals surface area contributed by atoms with Gasteiger partial charge in [-0.2, -0.15) is 10.1 Å². The van der Waals surface area contributed by atoms with Crippen LogP contribution in [-0.4, -0.2) is 15.2 Å². The SMILES string of the molecule is Cc1cc(C)c(Nc2cnnc(NCc3ccc(F)cc3)n2)c(C)c1. The van der Waals surface area contributed by atoms with E-state index in [9.17, 15) is 4.39 Å². The van der Waals surface area contributed by atoms with Gasteiger partial charge in [-0.1, -0.05) is 29.8 Å². The van der Waals surface area contributed by atoms with Crippen molar-refractivity contribution in [1.82, 2.24) is 15.2 Å². The molecule has 0 amide bonds. The molecule has 5 nitrogen and oxygen atoms in total. The van der Waals surface area contributed by atoms with Crippen LogP contribution in [0.4, 0.5) is 21.8 Å². The summed E-state index contributed by atoms with van der Waals surface area (Å²) in [6.07, 6.45) is 1.59. The summed E-state index contributed by atoms with van der Waals surface area (Å²) in [5, 5.41) is 14.4. The van der Waals surface area contributed by atoms with Gasteiger partial charge in [0.05, 0.1) is 6.20 Å². The van der Waals surface area contributed by atoms with Crippen molar-refractivity contribution in [2.24, 2.45) is 0 Å². The summed E-state index contributed by atoms with van der Waals surface area (Å²) in [5.41, 5.74) is 5.49. The molecule has 3 aromatic rings. The molecule has 3 rings (SSSR count). The minimum absolute atomic E-state index is 0.253. The standard InChI is InChI=1S/C19H20FN5/c1-12-8-13(2)18(14(3)9-12)23-17-11-22-25-19(24-17)21-10-15-4-6-16(20)7-5-15/h4-9,11H,10H2,1-3H3,(H2,21,23,24,25). The van der Waals surface area contributed by atoms with Crippen LogP contribution in [0, 0.1) is 26.6 Å². The van der Waals surface area contributed by atoms with E-state index in [1.54, 1.807) is 18.3 Å². The van der Waals surface area contributed by atoms with Crippen molar-refractivity contribution in [2.75, 3.05) is 10.6 Å². The highest BCUT2D eigenvalue weighted by atomic mass is 19.1. The summed E-state index contributed by atoms with van der Waals surface area (Å²) in [6, 6.07) is 10.5. The first-order valence-electron chi connectivity index (χ1n) is 8.04. The van der Waals surface area contributed by atoms with Crippen LogP contribution in [0.1, 0.15) is 22.3 Å². The Morgan fingerprint density at radius 3 is 2.36 bits per heavy atom. The fraction of sp³-hybridized carbons (Fsp3) is 0.211. The van der Waals surface area contributed by atoms with Crippen molar-refractivity contribution >= 4 is 17.5 Å². The average Bonchev–Trinajstić information content (AvgIpc) is 2.58. The highest BCUT2D eigenvalue weighted by Gasteiger charge is 2.07. The van der Waals surface area contributed by atoms with E-state index in [0.717, 1.165) is 22.4 Å². The van der Waals surface area contributed by atoms with Crippen molar-refractivity contribution in [3.63, 3.8) is 0 Å². The Bertz CT molecular complexity index is 854. The van der Waals surface area contributed by atoms with Crippen molar-refractivity contribution in [2.45, 2.75) is 27.3 Å². The predicted molar refractivity (Wildman–Crippen MR) is 97.5 cm³/mol. The van der Waals surface area contributed by atoms with E-state index >= 15 is 0 Å². The first kappa shape index (κ1) is 16.8. The van der Waals surface area contributed by atoms with Crippen LogP contribution in [0.5, 0.6) is 0 Å². The second kappa shape index (κ2) is 7.25. The van der Waals surface area contributed by atoms with Gasteiger partial charge >= 0.3 is 0 Å². The molecule has 1 heterocycles. The Morgan fingerprint density at radius 1 is 1.00 bits per heavy atom. The van der Waals surface area contributed by atoms with Crippen LogP contribution < -0.4 is 10.6 Å². The van der Waals surface area contributed by atoms with Gasteiger partial charge in [0, 0.05) is 12.2 Å². The number of anilines is 3. The molecular weight excluding hydrogens is 317 g/mol. The maximum Gasteiger partial charge on any atom is 0.244 e. The molecule has 0 aliphatic heterocycles. The molecule has 2 N–H and O–H groups in total. The zero-order valence-electron chi connectivity index (χ0n) is 14.5. The van der Waals surface area contributed by atoms with Gasteiger partial charge in [-0.15, -0.1) is 5.10 Å². The number of nitrogens with one attached hydrogen (secondary N) is 2. The molecule has 6 heteroatoms. The third-order valence-electron chi connectivity index (χ3n) is 3.85. The Hall–Kier alpha value is -3.02. The van der Waals surface area contributed by atoms with Crippen molar-refractivity contribution in [3.05, 3.63) is 70.7 Å². The molecule has 0 saturated carbocycles. The Kier molecular flexibility index (Phi) is 4.88. The minimum atomic E-state index is -0.253. The van der Waals surface area contributed by atoms with E-state index < -0.39 is 0 Å². The number of aromatic nitrogens is 3. The van der Waals surface area contributed by atoms with Crippen LogP contribution in [0.25, 0.3) is 0 Å². The summed E-state index contributed by atoms with van der Waals surface area (Å²) in [5.74, 6) is 0.778. The minimum Gasteiger partial charge on any atom is -0.349 e. The predicted octanol–water partition coefficient (Wildman–Crippen LogP) is 4.29. The highest BCUT2D eigenvalue weighted by Crippen LogP contribution is 2.25. The van der Waals surface area contributed by atoms with Crippen molar-refractivity contribution < 1.29 is 4.39 Å². The number of hydrogen-bond acceptors (Lipinski definition) is 5. The third-order valence-corrected chi connectivity index (χ3v) is 3.85. The molecular formula is C19H20FN5. The van der Waals surface area contributed by atoms with E-state index in [1.807, 2.05) is 0 Å². The molecule has 0 saturated heterocycles. The van der Waals surface area contributed by atoms with E-state index in [-0.39, 0.29) is 5.82 Å². The Labute approximate surface area is 146 Å².